The van der Waals surface area contributed by atoms with Crippen LogP contribution in [0, 0.1) is 0 Å². The predicted molar refractivity (Wildman–Crippen MR) is 84.7 cm³/mol. The first-order valence-corrected chi connectivity index (χ1v) is 7.54. The van der Waals surface area contributed by atoms with Crippen molar-refractivity contribution in [2.45, 2.75) is 45.7 Å². The van der Waals surface area contributed by atoms with Crippen LogP contribution in [0.5, 0.6) is 0 Å². The summed E-state index contributed by atoms with van der Waals surface area (Å²) < 4.78 is 1.41. The van der Waals surface area contributed by atoms with Gasteiger partial charge in [0.05, 0.1) is 18.4 Å². The number of likely N-dealkylation sites (N-methyl/N-ethyl adjacent to an activating group) is 1. The Morgan fingerprint density at radius 2 is 2.15 bits per heavy atom. The van der Waals surface area contributed by atoms with E-state index in [2.05, 4.69) is 24.3 Å². The van der Waals surface area contributed by atoms with Crippen LogP contribution in [-0.2, 0) is 6.54 Å². The molecule has 0 saturated carbocycles. The van der Waals surface area contributed by atoms with Crippen molar-refractivity contribution in [3.05, 3.63) is 21.6 Å². The number of nitrogens with one attached hydrogen (secondary N) is 1. The number of anilines is 1. The first kappa shape index (κ1) is 17.0. The van der Waals surface area contributed by atoms with Gasteiger partial charge in [-0.2, -0.15) is 5.10 Å². The van der Waals surface area contributed by atoms with E-state index in [1.54, 1.807) is 6.20 Å². The fourth-order valence-corrected chi connectivity index (χ4v) is 2.17. The highest BCUT2D eigenvalue weighted by atomic mass is 35.5. The van der Waals surface area contributed by atoms with Gasteiger partial charge in [-0.15, -0.1) is 0 Å². The average Bonchev–Trinajstić information content (AvgIpc) is 2.42. The lowest BCUT2D eigenvalue weighted by Crippen LogP contribution is -2.30. The zero-order chi connectivity index (χ0) is 15.1. The molecular formula is C14H25ClN4O. The quantitative estimate of drug-likeness (QED) is 0.801. The highest BCUT2D eigenvalue weighted by Gasteiger charge is 2.12. The number of hydrogen-bond acceptors (Lipinski definition) is 4. The van der Waals surface area contributed by atoms with Gasteiger partial charge in [-0.3, -0.25) is 4.79 Å². The second kappa shape index (κ2) is 8.27. The first-order valence-electron chi connectivity index (χ1n) is 7.16. The summed E-state index contributed by atoms with van der Waals surface area (Å²) in [5, 5.41) is 7.73. The summed E-state index contributed by atoms with van der Waals surface area (Å²) in [6.45, 7) is 5.55. The van der Waals surface area contributed by atoms with E-state index in [-0.39, 0.29) is 10.6 Å². The van der Waals surface area contributed by atoms with E-state index in [1.165, 1.54) is 4.68 Å². The lowest BCUT2D eigenvalue weighted by Gasteiger charge is -2.18. The molecule has 1 rings (SSSR count). The lowest BCUT2D eigenvalue weighted by atomic mass is 10.1. The molecule has 0 aliphatic carbocycles. The highest BCUT2D eigenvalue weighted by molar-refractivity contribution is 6.32. The number of halogens is 1. The lowest BCUT2D eigenvalue weighted by molar-refractivity contribution is 0.367. The molecule has 0 saturated heterocycles. The molecule has 0 bridgehead atoms. The van der Waals surface area contributed by atoms with E-state index >= 15 is 0 Å². The van der Waals surface area contributed by atoms with Gasteiger partial charge in [-0.25, -0.2) is 4.68 Å². The summed E-state index contributed by atoms with van der Waals surface area (Å²) in [4.78, 5) is 14.1. The highest BCUT2D eigenvalue weighted by Crippen LogP contribution is 2.18. The van der Waals surface area contributed by atoms with Crippen molar-refractivity contribution in [2.24, 2.45) is 0 Å². The van der Waals surface area contributed by atoms with E-state index in [0.717, 1.165) is 25.8 Å². The molecule has 1 atom stereocenters. The Bertz CT molecular complexity index is 473. The smallest absolute Gasteiger partial charge is 0.287 e. The number of rotatable bonds is 8. The van der Waals surface area contributed by atoms with Crippen LogP contribution in [0.2, 0.25) is 5.02 Å². The molecule has 20 heavy (non-hydrogen) atoms. The molecule has 6 heteroatoms. The van der Waals surface area contributed by atoms with Crippen molar-refractivity contribution < 1.29 is 0 Å². The van der Waals surface area contributed by atoms with Gasteiger partial charge in [0.2, 0.25) is 0 Å². The summed E-state index contributed by atoms with van der Waals surface area (Å²) in [6.07, 6.45) is 4.79. The Kier molecular flexibility index (Phi) is 7.02. The van der Waals surface area contributed by atoms with Gasteiger partial charge >= 0.3 is 0 Å². The standard InChI is InChI=1S/C14H25ClN4O/c1-5-7-11(6-2)17-12-10-16-19(9-8-18(3)4)14(20)13(12)15/h10-11,17H,5-9H2,1-4H3. The first-order chi connectivity index (χ1) is 9.49. The van der Waals surface area contributed by atoms with Crippen molar-refractivity contribution in [2.75, 3.05) is 26.0 Å². The number of aromatic nitrogens is 2. The van der Waals surface area contributed by atoms with Crippen LogP contribution in [0.15, 0.2) is 11.0 Å². The van der Waals surface area contributed by atoms with E-state index in [9.17, 15) is 4.79 Å². The fourth-order valence-electron chi connectivity index (χ4n) is 1.97. The normalized spacial score (nSPS) is 12.7. The van der Waals surface area contributed by atoms with E-state index in [4.69, 9.17) is 11.6 Å². The summed E-state index contributed by atoms with van der Waals surface area (Å²) in [6, 6.07) is 0.330. The minimum absolute atomic E-state index is 0.230. The Labute approximate surface area is 125 Å². The van der Waals surface area contributed by atoms with Crippen LogP contribution in [0.25, 0.3) is 0 Å². The van der Waals surface area contributed by atoms with Gasteiger partial charge in [0.1, 0.15) is 5.02 Å². The molecule has 1 aromatic heterocycles. The summed E-state index contributed by atoms with van der Waals surface area (Å²) in [7, 11) is 3.92. The Morgan fingerprint density at radius 1 is 1.45 bits per heavy atom. The van der Waals surface area contributed by atoms with Crippen LogP contribution >= 0.6 is 11.6 Å². The molecule has 0 spiro atoms. The molecule has 0 aliphatic heterocycles. The predicted octanol–water partition coefficient (Wildman–Crippen LogP) is 2.45. The molecule has 114 valence electrons. The van der Waals surface area contributed by atoms with Gasteiger partial charge in [0, 0.05) is 12.6 Å². The van der Waals surface area contributed by atoms with Gasteiger partial charge in [0.25, 0.3) is 5.56 Å². The van der Waals surface area contributed by atoms with E-state index < -0.39 is 0 Å². The molecule has 0 amide bonds. The maximum atomic E-state index is 12.1. The molecular weight excluding hydrogens is 276 g/mol. The minimum atomic E-state index is -0.232. The zero-order valence-corrected chi connectivity index (χ0v) is 13.6. The van der Waals surface area contributed by atoms with Gasteiger partial charge < -0.3 is 10.2 Å². The molecule has 1 heterocycles. The van der Waals surface area contributed by atoms with Gasteiger partial charge in [-0.05, 0) is 26.9 Å². The molecule has 1 aromatic rings. The Balaban J connectivity index is 2.85. The molecule has 0 fully saturated rings. The average molecular weight is 301 g/mol. The van der Waals surface area contributed by atoms with Gasteiger partial charge in [0.15, 0.2) is 0 Å². The summed E-state index contributed by atoms with van der Waals surface area (Å²) >= 11 is 6.17. The van der Waals surface area contributed by atoms with Crippen molar-refractivity contribution in [1.82, 2.24) is 14.7 Å². The molecule has 5 nitrogen and oxygen atoms in total. The summed E-state index contributed by atoms with van der Waals surface area (Å²) in [5.41, 5.74) is 0.405. The van der Waals surface area contributed by atoms with Crippen molar-refractivity contribution in [3.63, 3.8) is 0 Å². The van der Waals surface area contributed by atoms with Gasteiger partial charge in [-0.1, -0.05) is 31.9 Å². The Hall–Kier alpha value is -1.07. The van der Waals surface area contributed by atoms with Crippen molar-refractivity contribution in [1.29, 1.82) is 0 Å². The fraction of sp³-hybridized carbons (Fsp3) is 0.714. The van der Waals surface area contributed by atoms with Crippen LogP contribution in [0.1, 0.15) is 33.1 Å². The second-order valence-electron chi connectivity index (χ2n) is 5.24. The van der Waals surface area contributed by atoms with Crippen LogP contribution in [0.4, 0.5) is 5.69 Å². The van der Waals surface area contributed by atoms with E-state index in [1.807, 2.05) is 19.0 Å². The SMILES string of the molecule is CCCC(CC)Nc1cnn(CCN(C)C)c(=O)c1Cl. The molecule has 1 unspecified atom stereocenters. The maximum Gasteiger partial charge on any atom is 0.287 e. The number of nitrogens with zero attached hydrogens (tertiary/aromatic N) is 3. The van der Waals surface area contributed by atoms with E-state index in [0.29, 0.717) is 18.3 Å². The molecule has 1 N–H and O–H groups in total. The molecule has 0 aromatic carbocycles. The monoisotopic (exact) mass is 300 g/mol. The Morgan fingerprint density at radius 3 is 2.70 bits per heavy atom. The third-order valence-corrected chi connectivity index (χ3v) is 3.60. The second-order valence-corrected chi connectivity index (χ2v) is 5.62. The maximum absolute atomic E-state index is 12.1. The minimum Gasteiger partial charge on any atom is -0.380 e. The molecule has 0 radical (unpaired) electrons. The largest absolute Gasteiger partial charge is 0.380 e. The molecule has 0 aliphatic rings. The third kappa shape index (κ3) is 4.80. The van der Waals surface area contributed by atoms with Crippen LogP contribution in [0.3, 0.4) is 0 Å². The topological polar surface area (TPSA) is 50.2 Å². The number of hydrogen-bond donors (Lipinski definition) is 1. The van der Waals surface area contributed by atoms with Crippen molar-refractivity contribution >= 4 is 17.3 Å². The van der Waals surface area contributed by atoms with Crippen LogP contribution in [-0.4, -0.2) is 41.4 Å². The van der Waals surface area contributed by atoms with Crippen LogP contribution < -0.4 is 10.9 Å². The zero-order valence-electron chi connectivity index (χ0n) is 12.8. The van der Waals surface area contributed by atoms with Crippen molar-refractivity contribution in [3.8, 4) is 0 Å². The summed E-state index contributed by atoms with van der Waals surface area (Å²) in [5.74, 6) is 0. The third-order valence-electron chi connectivity index (χ3n) is 3.23.